The molecule has 2 saturated heterocycles. The summed E-state index contributed by atoms with van der Waals surface area (Å²) in [7, 11) is 0. The summed E-state index contributed by atoms with van der Waals surface area (Å²) in [6.45, 7) is 6.07. The zero-order valence-corrected chi connectivity index (χ0v) is 11.9. The number of amides is 2. The molecule has 5 nitrogen and oxygen atoms in total. The zero-order valence-electron chi connectivity index (χ0n) is 11.9. The molecule has 0 radical (unpaired) electrons. The Kier molecular flexibility index (Phi) is 4.80. The molecule has 2 aliphatic heterocycles. The average molecular weight is 267 g/mol. The smallest absolute Gasteiger partial charge is 0.226 e. The van der Waals surface area contributed by atoms with Crippen molar-refractivity contribution in [3.05, 3.63) is 0 Å². The largest absolute Gasteiger partial charge is 0.353 e. The summed E-state index contributed by atoms with van der Waals surface area (Å²) in [5, 5.41) is 6.32. The Bertz CT molecular complexity index is 330. The number of hydrogen-bond acceptors (Lipinski definition) is 3. The monoisotopic (exact) mass is 267 g/mol. The molecule has 0 spiro atoms. The van der Waals surface area contributed by atoms with Crippen LogP contribution in [-0.2, 0) is 9.59 Å². The summed E-state index contributed by atoms with van der Waals surface area (Å²) in [4.78, 5) is 25.4. The van der Waals surface area contributed by atoms with Gasteiger partial charge in [0.2, 0.25) is 11.8 Å². The van der Waals surface area contributed by atoms with Crippen molar-refractivity contribution in [3.63, 3.8) is 0 Å². The van der Waals surface area contributed by atoms with Crippen LogP contribution < -0.4 is 10.6 Å². The Balaban J connectivity index is 1.77. The van der Waals surface area contributed by atoms with Crippen LogP contribution in [0.1, 0.15) is 39.5 Å². The number of likely N-dealkylation sites (tertiary alicyclic amines) is 1. The first-order valence-electron chi connectivity index (χ1n) is 7.35. The SMILES string of the molecule is CC(=O)NC1CCN(C(=O)C2CCC(C)NC2)CC1. The van der Waals surface area contributed by atoms with Crippen LogP contribution in [-0.4, -0.2) is 48.4 Å². The summed E-state index contributed by atoms with van der Waals surface area (Å²) in [6, 6.07) is 0.778. The molecule has 2 amide bonds. The van der Waals surface area contributed by atoms with E-state index in [1.54, 1.807) is 6.92 Å². The lowest BCUT2D eigenvalue weighted by molar-refractivity contribution is -0.137. The van der Waals surface area contributed by atoms with E-state index in [9.17, 15) is 9.59 Å². The van der Waals surface area contributed by atoms with Crippen LogP contribution >= 0.6 is 0 Å². The Hall–Kier alpha value is -1.10. The average Bonchev–Trinajstić information content (AvgIpc) is 2.39. The Morgan fingerprint density at radius 2 is 1.84 bits per heavy atom. The van der Waals surface area contributed by atoms with Gasteiger partial charge in [-0.15, -0.1) is 0 Å². The van der Waals surface area contributed by atoms with Crippen LogP contribution in [0.2, 0.25) is 0 Å². The Morgan fingerprint density at radius 3 is 2.37 bits per heavy atom. The highest BCUT2D eigenvalue weighted by Gasteiger charge is 2.30. The highest BCUT2D eigenvalue weighted by atomic mass is 16.2. The third kappa shape index (κ3) is 3.93. The van der Waals surface area contributed by atoms with Gasteiger partial charge in [0.15, 0.2) is 0 Å². The van der Waals surface area contributed by atoms with E-state index in [1.807, 2.05) is 4.90 Å². The maximum Gasteiger partial charge on any atom is 0.226 e. The van der Waals surface area contributed by atoms with Crippen molar-refractivity contribution in [3.8, 4) is 0 Å². The van der Waals surface area contributed by atoms with Crippen LogP contribution in [0, 0.1) is 5.92 Å². The topological polar surface area (TPSA) is 61.4 Å². The van der Waals surface area contributed by atoms with Crippen LogP contribution in [0.4, 0.5) is 0 Å². The summed E-state index contributed by atoms with van der Waals surface area (Å²) in [5.74, 6) is 0.462. The standard InChI is InChI=1S/C14H25N3O2/c1-10-3-4-12(9-15-10)14(19)17-7-5-13(6-8-17)16-11(2)18/h10,12-13,15H,3-9H2,1-2H3,(H,16,18). The van der Waals surface area contributed by atoms with E-state index < -0.39 is 0 Å². The second kappa shape index (κ2) is 6.37. The molecule has 108 valence electrons. The van der Waals surface area contributed by atoms with Gasteiger partial charge in [-0.2, -0.15) is 0 Å². The molecule has 2 heterocycles. The lowest BCUT2D eigenvalue weighted by Gasteiger charge is -2.36. The molecule has 2 fully saturated rings. The maximum atomic E-state index is 12.4. The first kappa shape index (κ1) is 14.3. The van der Waals surface area contributed by atoms with Crippen molar-refractivity contribution < 1.29 is 9.59 Å². The van der Waals surface area contributed by atoms with Gasteiger partial charge in [0.1, 0.15) is 0 Å². The third-order valence-corrected chi connectivity index (χ3v) is 4.22. The van der Waals surface area contributed by atoms with Gasteiger partial charge in [0.05, 0.1) is 5.92 Å². The van der Waals surface area contributed by atoms with Crippen molar-refractivity contribution in [2.45, 2.75) is 51.6 Å². The number of rotatable bonds is 2. The van der Waals surface area contributed by atoms with Gasteiger partial charge in [-0.1, -0.05) is 0 Å². The van der Waals surface area contributed by atoms with Gasteiger partial charge in [-0.25, -0.2) is 0 Å². The van der Waals surface area contributed by atoms with Crippen LogP contribution in [0.5, 0.6) is 0 Å². The number of piperidine rings is 2. The van der Waals surface area contributed by atoms with Gasteiger partial charge in [0, 0.05) is 38.6 Å². The Labute approximate surface area is 115 Å². The minimum atomic E-state index is 0.0234. The number of carbonyl (C=O) groups excluding carboxylic acids is 2. The molecule has 0 saturated carbocycles. The van der Waals surface area contributed by atoms with Gasteiger partial charge >= 0.3 is 0 Å². The highest BCUT2D eigenvalue weighted by molar-refractivity contribution is 5.79. The normalized spacial score (nSPS) is 29.1. The molecule has 2 N–H and O–H groups in total. The van der Waals surface area contributed by atoms with E-state index in [1.165, 1.54) is 0 Å². The van der Waals surface area contributed by atoms with E-state index in [4.69, 9.17) is 0 Å². The first-order valence-corrected chi connectivity index (χ1v) is 7.35. The molecular weight excluding hydrogens is 242 g/mol. The zero-order chi connectivity index (χ0) is 13.8. The second-order valence-electron chi connectivity index (χ2n) is 5.88. The molecule has 19 heavy (non-hydrogen) atoms. The number of nitrogens with zero attached hydrogens (tertiary/aromatic N) is 1. The molecule has 2 atom stereocenters. The van der Waals surface area contributed by atoms with Crippen molar-refractivity contribution >= 4 is 11.8 Å². The Morgan fingerprint density at radius 1 is 1.16 bits per heavy atom. The minimum Gasteiger partial charge on any atom is -0.353 e. The molecule has 2 aliphatic rings. The molecule has 0 aromatic heterocycles. The maximum absolute atomic E-state index is 12.4. The lowest BCUT2D eigenvalue weighted by Crippen LogP contribution is -2.50. The van der Waals surface area contributed by atoms with E-state index in [-0.39, 0.29) is 17.9 Å². The third-order valence-electron chi connectivity index (χ3n) is 4.22. The van der Waals surface area contributed by atoms with Crippen molar-refractivity contribution in [1.29, 1.82) is 0 Å². The van der Waals surface area contributed by atoms with E-state index >= 15 is 0 Å². The number of nitrogens with one attached hydrogen (secondary N) is 2. The van der Waals surface area contributed by atoms with Crippen LogP contribution in [0.3, 0.4) is 0 Å². The predicted octanol–water partition coefficient (Wildman–Crippen LogP) is 0.502. The molecule has 2 rings (SSSR count). The fraction of sp³-hybridized carbons (Fsp3) is 0.857. The fourth-order valence-electron chi connectivity index (χ4n) is 3.00. The van der Waals surface area contributed by atoms with Crippen molar-refractivity contribution in [2.24, 2.45) is 5.92 Å². The van der Waals surface area contributed by atoms with Crippen molar-refractivity contribution in [2.75, 3.05) is 19.6 Å². The summed E-state index contributed by atoms with van der Waals surface area (Å²) in [5.41, 5.74) is 0. The number of carbonyl (C=O) groups is 2. The highest BCUT2D eigenvalue weighted by Crippen LogP contribution is 2.19. The molecular formula is C14H25N3O2. The van der Waals surface area contributed by atoms with Crippen molar-refractivity contribution in [1.82, 2.24) is 15.5 Å². The second-order valence-corrected chi connectivity index (χ2v) is 5.88. The predicted molar refractivity (Wildman–Crippen MR) is 73.6 cm³/mol. The van der Waals surface area contributed by atoms with E-state index in [0.29, 0.717) is 11.9 Å². The molecule has 2 unspecified atom stereocenters. The van der Waals surface area contributed by atoms with Gasteiger partial charge in [-0.05, 0) is 32.6 Å². The molecule has 0 aromatic carbocycles. The molecule has 5 heteroatoms. The van der Waals surface area contributed by atoms with Gasteiger partial charge < -0.3 is 15.5 Å². The van der Waals surface area contributed by atoms with Crippen LogP contribution in [0.25, 0.3) is 0 Å². The molecule has 0 bridgehead atoms. The summed E-state index contributed by atoms with van der Waals surface area (Å²) >= 11 is 0. The minimum absolute atomic E-state index is 0.0234. The quantitative estimate of drug-likeness (QED) is 0.766. The summed E-state index contributed by atoms with van der Waals surface area (Å²) in [6.07, 6.45) is 3.83. The molecule has 0 aliphatic carbocycles. The van der Waals surface area contributed by atoms with Gasteiger partial charge in [0.25, 0.3) is 0 Å². The lowest BCUT2D eigenvalue weighted by atomic mass is 9.93. The first-order chi connectivity index (χ1) is 9.06. The number of hydrogen-bond donors (Lipinski definition) is 2. The fourth-order valence-corrected chi connectivity index (χ4v) is 3.00. The van der Waals surface area contributed by atoms with E-state index in [0.717, 1.165) is 45.3 Å². The van der Waals surface area contributed by atoms with Gasteiger partial charge in [-0.3, -0.25) is 9.59 Å². The van der Waals surface area contributed by atoms with Crippen LogP contribution in [0.15, 0.2) is 0 Å². The summed E-state index contributed by atoms with van der Waals surface area (Å²) < 4.78 is 0. The van der Waals surface area contributed by atoms with E-state index in [2.05, 4.69) is 17.6 Å². The molecule has 0 aromatic rings.